The first kappa shape index (κ1) is 18.0. The highest BCUT2D eigenvalue weighted by molar-refractivity contribution is 5.77. The van der Waals surface area contributed by atoms with E-state index in [0.717, 1.165) is 37.1 Å². The van der Waals surface area contributed by atoms with Crippen molar-refractivity contribution in [1.29, 1.82) is 0 Å². The third kappa shape index (κ3) is 4.26. The standard InChI is InChI=1S/C18H24F3N3O/c19-18(20,21)14-4-6-15(7-5-14)23-8-10-24(11-9-23)17(25)12-13-2-1-3-16(13)22/h4-7,13,16H,1-3,8-12,22H2/t13-,16+/m0/s1. The zero-order valence-electron chi connectivity index (χ0n) is 14.1. The number of nitrogens with zero attached hydrogens (tertiary/aromatic N) is 2. The molecular formula is C18H24F3N3O. The fourth-order valence-corrected chi connectivity index (χ4v) is 3.75. The van der Waals surface area contributed by atoms with Gasteiger partial charge in [-0.25, -0.2) is 0 Å². The molecule has 1 aromatic rings. The van der Waals surface area contributed by atoms with Gasteiger partial charge < -0.3 is 15.5 Å². The Morgan fingerprint density at radius 2 is 1.72 bits per heavy atom. The zero-order chi connectivity index (χ0) is 18.0. The number of alkyl halides is 3. The molecule has 0 radical (unpaired) electrons. The lowest BCUT2D eigenvalue weighted by Gasteiger charge is -2.36. The lowest BCUT2D eigenvalue weighted by atomic mass is 9.99. The summed E-state index contributed by atoms with van der Waals surface area (Å²) in [5, 5.41) is 0. The van der Waals surface area contributed by atoms with Crippen molar-refractivity contribution in [2.45, 2.75) is 37.9 Å². The summed E-state index contributed by atoms with van der Waals surface area (Å²) in [6.45, 7) is 2.46. The summed E-state index contributed by atoms with van der Waals surface area (Å²) in [7, 11) is 0. The van der Waals surface area contributed by atoms with Gasteiger partial charge in [-0.2, -0.15) is 13.2 Å². The van der Waals surface area contributed by atoms with Gasteiger partial charge in [0, 0.05) is 44.3 Å². The van der Waals surface area contributed by atoms with Gasteiger partial charge >= 0.3 is 6.18 Å². The number of hydrogen-bond donors (Lipinski definition) is 1. The number of benzene rings is 1. The highest BCUT2D eigenvalue weighted by Gasteiger charge is 2.31. The second kappa shape index (κ2) is 7.23. The average Bonchev–Trinajstić information content (AvgIpc) is 2.99. The molecule has 0 spiro atoms. The molecule has 1 heterocycles. The molecular weight excluding hydrogens is 331 g/mol. The molecule has 3 rings (SSSR count). The van der Waals surface area contributed by atoms with Gasteiger partial charge in [0.25, 0.3) is 0 Å². The molecule has 2 aliphatic rings. The third-order valence-electron chi connectivity index (χ3n) is 5.35. The van der Waals surface area contributed by atoms with Crippen LogP contribution >= 0.6 is 0 Å². The quantitative estimate of drug-likeness (QED) is 0.907. The van der Waals surface area contributed by atoms with Crippen molar-refractivity contribution in [1.82, 2.24) is 4.90 Å². The molecule has 1 aromatic carbocycles. The van der Waals surface area contributed by atoms with Crippen molar-refractivity contribution in [3.05, 3.63) is 29.8 Å². The van der Waals surface area contributed by atoms with E-state index in [1.54, 1.807) is 0 Å². The fourth-order valence-electron chi connectivity index (χ4n) is 3.75. The Bertz CT molecular complexity index is 595. The first-order valence-corrected chi connectivity index (χ1v) is 8.80. The number of amides is 1. The van der Waals surface area contributed by atoms with E-state index in [1.165, 1.54) is 12.1 Å². The van der Waals surface area contributed by atoms with E-state index in [2.05, 4.69) is 0 Å². The van der Waals surface area contributed by atoms with E-state index in [-0.39, 0.29) is 11.9 Å². The molecule has 1 aliphatic heterocycles. The SMILES string of the molecule is N[C@@H]1CCC[C@H]1CC(=O)N1CCN(c2ccc(C(F)(F)F)cc2)CC1. The van der Waals surface area contributed by atoms with Crippen molar-refractivity contribution in [2.75, 3.05) is 31.1 Å². The topological polar surface area (TPSA) is 49.6 Å². The predicted octanol–water partition coefficient (Wildman–Crippen LogP) is 2.87. The molecule has 1 saturated carbocycles. The smallest absolute Gasteiger partial charge is 0.368 e. The number of rotatable bonds is 3. The molecule has 2 atom stereocenters. The van der Waals surface area contributed by atoms with E-state index < -0.39 is 11.7 Å². The highest BCUT2D eigenvalue weighted by Crippen LogP contribution is 2.31. The Morgan fingerprint density at radius 3 is 2.24 bits per heavy atom. The Morgan fingerprint density at radius 1 is 1.08 bits per heavy atom. The molecule has 0 aromatic heterocycles. The predicted molar refractivity (Wildman–Crippen MR) is 90.2 cm³/mol. The molecule has 2 fully saturated rings. The van der Waals surface area contributed by atoms with Crippen molar-refractivity contribution in [2.24, 2.45) is 11.7 Å². The van der Waals surface area contributed by atoms with Crippen molar-refractivity contribution in [3.8, 4) is 0 Å². The van der Waals surface area contributed by atoms with Crippen molar-refractivity contribution < 1.29 is 18.0 Å². The van der Waals surface area contributed by atoms with Gasteiger partial charge in [0.2, 0.25) is 5.91 Å². The van der Waals surface area contributed by atoms with Crippen LogP contribution in [-0.2, 0) is 11.0 Å². The maximum absolute atomic E-state index is 12.6. The minimum Gasteiger partial charge on any atom is -0.368 e. The number of carbonyl (C=O) groups excluding carboxylic acids is 1. The van der Waals surface area contributed by atoms with E-state index in [1.807, 2.05) is 9.80 Å². The molecule has 1 aliphatic carbocycles. The van der Waals surface area contributed by atoms with Crippen LogP contribution in [-0.4, -0.2) is 43.0 Å². The summed E-state index contributed by atoms with van der Waals surface area (Å²) in [6, 6.07) is 5.34. The van der Waals surface area contributed by atoms with Crippen LogP contribution in [0.5, 0.6) is 0 Å². The molecule has 0 unspecified atom stereocenters. The fraction of sp³-hybridized carbons (Fsp3) is 0.611. The molecule has 7 heteroatoms. The van der Waals surface area contributed by atoms with Gasteiger partial charge in [-0.1, -0.05) is 6.42 Å². The number of nitrogens with two attached hydrogens (primary N) is 1. The molecule has 1 saturated heterocycles. The molecule has 2 N–H and O–H groups in total. The number of hydrogen-bond acceptors (Lipinski definition) is 3. The number of halogens is 3. The zero-order valence-corrected chi connectivity index (χ0v) is 14.1. The Kier molecular flexibility index (Phi) is 5.22. The summed E-state index contributed by atoms with van der Waals surface area (Å²) in [4.78, 5) is 16.3. The molecule has 0 bridgehead atoms. The second-order valence-corrected chi connectivity index (χ2v) is 6.97. The minimum absolute atomic E-state index is 0.136. The Balaban J connectivity index is 1.52. The summed E-state index contributed by atoms with van der Waals surface area (Å²) in [5.41, 5.74) is 6.16. The van der Waals surface area contributed by atoms with Gasteiger partial charge in [0.1, 0.15) is 0 Å². The van der Waals surface area contributed by atoms with Crippen LogP contribution in [0.3, 0.4) is 0 Å². The number of piperazine rings is 1. The Labute approximate surface area is 145 Å². The van der Waals surface area contributed by atoms with Crippen LogP contribution in [0.1, 0.15) is 31.2 Å². The van der Waals surface area contributed by atoms with Crippen LogP contribution in [0.4, 0.5) is 18.9 Å². The number of anilines is 1. The lowest BCUT2D eigenvalue weighted by molar-refractivity contribution is -0.137. The highest BCUT2D eigenvalue weighted by atomic mass is 19.4. The minimum atomic E-state index is -4.31. The van der Waals surface area contributed by atoms with Crippen LogP contribution in [0, 0.1) is 5.92 Å². The first-order chi connectivity index (χ1) is 11.8. The molecule has 4 nitrogen and oxygen atoms in total. The van der Waals surface area contributed by atoms with Crippen LogP contribution in [0.2, 0.25) is 0 Å². The summed E-state index contributed by atoms with van der Waals surface area (Å²) in [6.07, 6.45) is -0.676. The van der Waals surface area contributed by atoms with Gasteiger partial charge in [-0.15, -0.1) is 0 Å². The summed E-state index contributed by atoms with van der Waals surface area (Å²) in [5.74, 6) is 0.440. The third-order valence-corrected chi connectivity index (χ3v) is 5.35. The molecule has 138 valence electrons. The van der Waals surface area contributed by atoms with Gasteiger partial charge in [0.15, 0.2) is 0 Å². The van der Waals surface area contributed by atoms with E-state index in [4.69, 9.17) is 5.73 Å². The van der Waals surface area contributed by atoms with Crippen LogP contribution < -0.4 is 10.6 Å². The second-order valence-electron chi connectivity index (χ2n) is 6.97. The summed E-state index contributed by atoms with van der Waals surface area (Å²) >= 11 is 0. The monoisotopic (exact) mass is 355 g/mol. The average molecular weight is 355 g/mol. The Hall–Kier alpha value is -1.76. The van der Waals surface area contributed by atoms with Crippen molar-refractivity contribution >= 4 is 11.6 Å². The largest absolute Gasteiger partial charge is 0.416 e. The van der Waals surface area contributed by atoms with E-state index in [0.29, 0.717) is 38.5 Å². The molecule has 25 heavy (non-hydrogen) atoms. The summed E-state index contributed by atoms with van der Waals surface area (Å²) < 4.78 is 37.9. The van der Waals surface area contributed by atoms with Gasteiger partial charge in [-0.3, -0.25) is 4.79 Å². The maximum atomic E-state index is 12.6. The van der Waals surface area contributed by atoms with E-state index in [9.17, 15) is 18.0 Å². The molecule has 1 amide bonds. The van der Waals surface area contributed by atoms with Crippen molar-refractivity contribution in [3.63, 3.8) is 0 Å². The van der Waals surface area contributed by atoms with Gasteiger partial charge in [0.05, 0.1) is 5.56 Å². The van der Waals surface area contributed by atoms with Crippen LogP contribution in [0.15, 0.2) is 24.3 Å². The van der Waals surface area contributed by atoms with E-state index >= 15 is 0 Å². The normalized spacial score (nSPS) is 24.6. The first-order valence-electron chi connectivity index (χ1n) is 8.80. The van der Waals surface area contributed by atoms with Crippen LogP contribution in [0.25, 0.3) is 0 Å². The van der Waals surface area contributed by atoms with Gasteiger partial charge in [-0.05, 0) is 43.0 Å². The number of carbonyl (C=O) groups is 1. The maximum Gasteiger partial charge on any atom is 0.416 e. The lowest BCUT2D eigenvalue weighted by Crippen LogP contribution is -2.49.